The Labute approximate surface area is 87.6 Å². The van der Waals surface area contributed by atoms with Gasteiger partial charge in [-0.05, 0) is 6.92 Å². The van der Waals surface area contributed by atoms with Gasteiger partial charge in [-0.1, -0.05) is 5.16 Å². The summed E-state index contributed by atoms with van der Waals surface area (Å²) in [6.45, 7) is 3.29. The molecule has 1 aromatic heterocycles. The highest BCUT2D eigenvalue weighted by molar-refractivity contribution is 5.93. The fraction of sp³-hybridized carbons (Fsp3) is 0.500. The molecule has 1 amide bonds. The van der Waals surface area contributed by atoms with E-state index in [-0.39, 0.29) is 24.2 Å². The molecule has 14 heavy (non-hydrogen) atoms. The maximum Gasteiger partial charge on any atom is 0.230 e. The number of hydrogen-bond donors (Lipinski definition) is 2. The van der Waals surface area contributed by atoms with Crippen LogP contribution in [0.4, 0.5) is 5.69 Å². The van der Waals surface area contributed by atoms with Crippen LogP contribution >= 0.6 is 12.4 Å². The van der Waals surface area contributed by atoms with Crippen molar-refractivity contribution in [3.8, 4) is 0 Å². The number of carbonyl (C=O) groups is 1. The molecule has 1 saturated heterocycles. The summed E-state index contributed by atoms with van der Waals surface area (Å²) in [6, 6.07) is 0. The highest BCUT2D eigenvalue weighted by Crippen LogP contribution is 2.14. The Morgan fingerprint density at radius 3 is 2.86 bits per heavy atom. The molecule has 0 aromatic carbocycles. The summed E-state index contributed by atoms with van der Waals surface area (Å²) in [4.78, 5) is 11.4. The van der Waals surface area contributed by atoms with Crippen LogP contribution in [0.1, 0.15) is 5.76 Å². The van der Waals surface area contributed by atoms with Gasteiger partial charge < -0.3 is 15.2 Å². The first-order chi connectivity index (χ1) is 6.27. The fourth-order valence-corrected chi connectivity index (χ4v) is 1.13. The minimum atomic E-state index is 0. The predicted octanol–water partition coefficient (Wildman–Crippen LogP) is 0.563. The Kier molecular flexibility index (Phi) is 3.49. The molecule has 1 aromatic rings. The molecule has 0 atom stereocenters. The second-order valence-corrected chi connectivity index (χ2v) is 3.14. The van der Waals surface area contributed by atoms with Gasteiger partial charge in [0.05, 0.1) is 12.1 Å². The molecule has 1 aliphatic rings. The van der Waals surface area contributed by atoms with Crippen LogP contribution in [0.5, 0.6) is 0 Å². The molecule has 0 radical (unpaired) electrons. The summed E-state index contributed by atoms with van der Waals surface area (Å²) in [5.74, 6) is 0.764. The van der Waals surface area contributed by atoms with Gasteiger partial charge >= 0.3 is 0 Å². The summed E-state index contributed by atoms with van der Waals surface area (Å²) in [6.07, 6.45) is 1.51. The molecule has 2 heterocycles. The molecule has 6 heteroatoms. The maximum absolute atomic E-state index is 11.4. The lowest BCUT2D eigenvalue weighted by Gasteiger charge is -2.25. The van der Waals surface area contributed by atoms with Crippen molar-refractivity contribution < 1.29 is 9.32 Å². The fourth-order valence-electron chi connectivity index (χ4n) is 1.13. The van der Waals surface area contributed by atoms with Crippen LogP contribution in [0.2, 0.25) is 0 Å². The number of nitrogens with zero attached hydrogens (tertiary/aromatic N) is 1. The maximum atomic E-state index is 11.4. The molecule has 1 aliphatic heterocycles. The minimum Gasteiger partial charge on any atom is -0.359 e. The van der Waals surface area contributed by atoms with Crippen LogP contribution < -0.4 is 10.6 Å². The topological polar surface area (TPSA) is 67.2 Å². The molecule has 0 spiro atoms. The average molecular weight is 218 g/mol. The predicted molar refractivity (Wildman–Crippen MR) is 53.5 cm³/mol. The third-order valence-electron chi connectivity index (χ3n) is 2.16. The van der Waals surface area contributed by atoms with E-state index in [1.807, 2.05) is 0 Å². The first-order valence-corrected chi connectivity index (χ1v) is 4.20. The summed E-state index contributed by atoms with van der Waals surface area (Å²) < 4.78 is 4.82. The third-order valence-corrected chi connectivity index (χ3v) is 2.16. The monoisotopic (exact) mass is 217 g/mol. The van der Waals surface area contributed by atoms with E-state index in [0.717, 1.165) is 13.1 Å². The van der Waals surface area contributed by atoms with Crippen molar-refractivity contribution in [3.05, 3.63) is 12.0 Å². The Balaban J connectivity index is 0.000000980. The summed E-state index contributed by atoms with van der Waals surface area (Å²) in [5.41, 5.74) is 0.664. The van der Waals surface area contributed by atoms with Crippen molar-refractivity contribution >= 4 is 24.0 Å². The van der Waals surface area contributed by atoms with Crippen LogP contribution in [0.25, 0.3) is 0 Å². The van der Waals surface area contributed by atoms with E-state index in [1.165, 1.54) is 6.20 Å². The molecule has 0 bridgehead atoms. The summed E-state index contributed by atoms with van der Waals surface area (Å²) >= 11 is 0. The van der Waals surface area contributed by atoms with Gasteiger partial charge in [0.15, 0.2) is 5.76 Å². The van der Waals surface area contributed by atoms with Crippen molar-refractivity contribution in [3.63, 3.8) is 0 Å². The van der Waals surface area contributed by atoms with Crippen LogP contribution in [0.3, 0.4) is 0 Å². The van der Waals surface area contributed by atoms with Gasteiger partial charge in [0.2, 0.25) is 5.91 Å². The standard InChI is InChI=1S/C8H11N3O2.ClH/c1-5-7(4-10-13-5)11-8(12)6-2-9-3-6;/h4,6,9H,2-3H2,1H3,(H,11,12);1H. The second-order valence-electron chi connectivity index (χ2n) is 3.14. The number of hydrogen-bond acceptors (Lipinski definition) is 4. The Morgan fingerprint density at radius 1 is 1.71 bits per heavy atom. The third kappa shape index (κ3) is 2.05. The lowest BCUT2D eigenvalue weighted by atomic mass is 10.0. The Bertz CT molecular complexity index is 322. The molecule has 5 nitrogen and oxygen atoms in total. The highest BCUT2D eigenvalue weighted by atomic mass is 35.5. The van der Waals surface area contributed by atoms with E-state index in [9.17, 15) is 4.79 Å². The molecule has 2 N–H and O–H groups in total. The smallest absolute Gasteiger partial charge is 0.230 e. The van der Waals surface area contributed by atoms with E-state index in [0.29, 0.717) is 11.4 Å². The largest absolute Gasteiger partial charge is 0.359 e. The van der Waals surface area contributed by atoms with Crippen LogP contribution in [0.15, 0.2) is 10.7 Å². The lowest BCUT2D eigenvalue weighted by Crippen LogP contribution is -2.48. The van der Waals surface area contributed by atoms with Gasteiger partial charge in [-0.15, -0.1) is 12.4 Å². The zero-order chi connectivity index (χ0) is 9.26. The molecular formula is C8H12ClN3O2. The quantitative estimate of drug-likeness (QED) is 0.760. The molecule has 78 valence electrons. The number of carbonyl (C=O) groups excluding carboxylic acids is 1. The molecular weight excluding hydrogens is 206 g/mol. The number of nitrogens with one attached hydrogen (secondary N) is 2. The first-order valence-electron chi connectivity index (χ1n) is 4.20. The van der Waals surface area contributed by atoms with E-state index in [2.05, 4.69) is 15.8 Å². The molecule has 0 saturated carbocycles. The molecule has 1 fully saturated rings. The number of halogens is 1. The van der Waals surface area contributed by atoms with Crippen molar-refractivity contribution in [2.75, 3.05) is 18.4 Å². The molecule has 0 aliphatic carbocycles. The summed E-state index contributed by atoms with van der Waals surface area (Å²) in [7, 11) is 0. The van der Waals surface area contributed by atoms with Crippen molar-refractivity contribution in [1.29, 1.82) is 0 Å². The van der Waals surface area contributed by atoms with Gasteiger partial charge in [-0.3, -0.25) is 4.79 Å². The number of rotatable bonds is 2. The van der Waals surface area contributed by atoms with Crippen LogP contribution in [0, 0.1) is 12.8 Å². The van der Waals surface area contributed by atoms with Crippen LogP contribution in [-0.2, 0) is 4.79 Å². The SMILES string of the molecule is Cc1oncc1NC(=O)C1CNC1.Cl. The number of aryl methyl sites for hydroxylation is 1. The Hall–Kier alpha value is -1.07. The Morgan fingerprint density at radius 2 is 2.43 bits per heavy atom. The zero-order valence-corrected chi connectivity index (χ0v) is 8.56. The van der Waals surface area contributed by atoms with Gasteiger partial charge in [-0.25, -0.2) is 0 Å². The number of amides is 1. The van der Waals surface area contributed by atoms with E-state index >= 15 is 0 Å². The van der Waals surface area contributed by atoms with Gasteiger partial charge in [0, 0.05) is 13.1 Å². The molecule has 0 unspecified atom stereocenters. The molecule has 2 rings (SSSR count). The normalized spacial score (nSPS) is 15.5. The van der Waals surface area contributed by atoms with Crippen molar-refractivity contribution in [2.45, 2.75) is 6.92 Å². The van der Waals surface area contributed by atoms with Gasteiger partial charge in [0.1, 0.15) is 5.69 Å². The first kappa shape index (κ1) is 11.0. The van der Waals surface area contributed by atoms with E-state index in [1.54, 1.807) is 6.92 Å². The van der Waals surface area contributed by atoms with Gasteiger partial charge in [-0.2, -0.15) is 0 Å². The number of anilines is 1. The van der Waals surface area contributed by atoms with E-state index < -0.39 is 0 Å². The van der Waals surface area contributed by atoms with Crippen molar-refractivity contribution in [1.82, 2.24) is 10.5 Å². The average Bonchev–Trinajstić information content (AvgIpc) is 2.32. The zero-order valence-electron chi connectivity index (χ0n) is 7.74. The van der Waals surface area contributed by atoms with Gasteiger partial charge in [0.25, 0.3) is 0 Å². The number of aromatic nitrogens is 1. The lowest BCUT2D eigenvalue weighted by molar-refractivity contribution is -0.121. The second kappa shape index (κ2) is 4.43. The summed E-state index contributed by atoms with van der Waals surface area (Å²) in [5, 5.41) is 9.37. The van der Waals surface area contributed by atoms with E-state index in [4.69, 9.17) is 4.52 Å². The van der Waals surface area contributed by atoms with Crippen LogP contribution in [-0.4, -0.2) is 24.2 Å². The van der Waals surface area contributed by atoms with Crippen molar-refractivity contribution in [2.24, 2.45) is 5.92 Å². The highest BCUT2D eigenvalue weighted by Gasteiger charge is 2.25. The minimum absolute atomic E-state index is 0.